The van der Waals surface area contributed by atoms with Crippen LogP contribution in [0.15, 0.2) is 60.7 Å². The summed E-state index contributed by atoms with van der Waals surface area (Å²) in [6, 6.07) is 18.3. The molecule has 0 aliphatic carbocycles. The van der Waals surface area contributed by atoms with E-state index in [0.717, 1.165) is 61.3 Å². The van der Waals surface area contributed by atoms with Crippen LogP contribution in [0, 0.1) is 12.7 Å². The van der Waals surface area contributed by atoms with Gasteiger partial charge in [-0.2, -0.15) is 0 Å². The fraction of sp³-hybridized carbons (Fsp3) is 0.387. The largest absolute Gasteiger partial charge is 0.492 e. The minimum absolute atomic E-state index is 0.00538. The molecule has 0 aromatic heterocycles. The van der Waals surface area contributed by atoms with Crippen molar-refractivity contribution in [1.29, 1.82) is 0 Å². The lowest BCUT2D eigenvalue weighted by Crippen LogP contribution is -2.44. The zero-order chi connectivity index (χ0) is 26.9. The number of aryl methyl sites for hydroxylation is 1. The monoisotopic (exact) mass is 554 g/mol. The number of likely N-dealkylation sites (N-methyl/N-ethyl adjacent to an activating group) is 1. The van der Waals surface area contributed by atoms with Gasteiger partial charge in [-0.3, -0.25) is 4.79 Å². The quantitative estimate of drug-likeness (QED) is 0.312. The zero-order valence-corrected chi connectivity index (χ0v) is 23.4. The van der Waals surface area contributed by atoms with E-state index in [1.54, 1.807) is 17.0 Å². The Morgan fingerprint density at radius 2 is 1.87 bits per heavy atom. The number of halogens is 3. The van der Waals surface area contributed by atoms with E-state index in [4.69, 9.17) is 27.9 Å². The molecule has 2 aliphatic heterocycles. The van der Waals surface area contributed by atoms with Crippen molar-refractivity contribution >= 4 is 29.1 Å². The van der Waals surface area contributed by atoms with Crippen molar-refractivity contribution < 1.29 is 13.9 Å². The maximum Gasteiger partial charge on any atom is 0.253 e. The summed E-state index contributed by atoms with van der Waals surface area (Å²) in [7, 11) is 1.86. The first-order valence-corrected chi connectivity index (χ1v) is 13.9. The third-order valence-corrected chi connectivity index (χ3v) is 8.88. The summed E-state index contributed by atoms with van der Waals surface area (Å²) < 4.78 is 19.9. The predicted octanol–water partition coefficient (Wildman–Crippen LogP) is 7.11. The molecular formula is C31H33Cl2FN2O2. The van der Waals surface area contributed by atoms with Crippen LogP contribution in [0.25, 0.3) is 0 Å². The zero-order valence-electron chi connectivity index (χ0n) is 21.9. The van der Waals surface area contributed by atoms with Crippen LogP contribution in [0.4, 0.5) is 4.39 Å². The first-order chi connectivity index (χ1) is 18.2. The Hall–Kier alpha value is -2.60. The van der Waals surface area contributed by atoms with Gasteiger partial charge in [-0.25, -0.2) is 4.39 Å². The smallest absolute Gasteiger partial charge is 0.253 e. The number of nitrogens with zero attached hydrogens (tertiary/aromatic N) is 2. The van der Waals surface area contributed by atoms with Gasteiger partial charge in [0, 0.05) is 36.1 Å². The van der Waals surface area contributed by atoms with Crippen molar-refractivity contribution in [1.82, 2.24) is 9.80 Å². The molecule has 38 heavy (non-hydrogen) atoms. The number of rotatable bonds is 7. The third kappa shape index (κ3) is 5.70. The van der Waals surface area contributed by atoms with E-state index in [9.17, 15) is 9.18 Å². The summed E-state index contributed by atoms with van der Waals surface area (Å²) in [4.78, 5) is 17.5. The predicted molar refractivity (Wildman–Crippen MR) is 151 cm³/mol. The lowest BCUT2D eigenvalue weighted by atomic mass is 9.74. The third-order valence-electron chi connectivity index (χ3n) is 8.14. The van der Waals surface area contributed by atoms with E-state index in [0.29, 0.717) is 28.8 Å². The molecule has 0 radical (unpaired) electrons. The van der Waals surface area contributed by atoms with E-state index >= 15 is 0 Å². The fourth-order valence-corrected chi connectivity index (χ4v) is 6.14. The second kappa shape index (κ2) is 11.3. The molecule has 200 valence electrons. The van der Waals surface area contributed by atoms with Gasteiger partial charge in [0.2, 0.25) is 0 Å². The lowest BCUT2D eigenvalue weighted by molar-refractivity contribution is 0.0779. The molecule has 1 saturated heterocycles. The number of piperidine rings is 1. The molecule has 1 fully saturated rings. The van der Waals surface area contributed by atoms with Gasteiger partial charge in [-0.05, 0) is 93.8 Å². The molecule has 4 nitrogen and oxygen atoms in total. The van der Waals surface area contributed by atoms with Gasteiger partial charge in [0.15, 0.2) is 0 Å². The van der Waals surface area contributed by atoms with Crippen molar-refractivity contribution in [2.24, 2.45) is 0 Å². The number of benzene rings is 3. The summed E-state index contributed by atoms with van der Waals surface area (Å²) in [6.45, 7) is 5.92. The molecule has 7 heteroatoms. The van der Waals surface area contributed by atoms with Gasteiger partial charge in [-0.1, -0.05) is 47.0 Å². The van der Waals surface area contributed by atoms with Crippen molar-refractivity contribution in [3.63, 3.8) is 0 Å². The molecular weight excluding hydrogens is 522 g/mol. The number of likely N-dealkylation sites (tertiary alicyclic amines) is 1. The molecule has 5 rings (SSSR count). The number of carbonyl (C=O) groups is 1. The van der Waals surface area contributed by atoms with E-state index in [1.165, 1.54) is 6.07 Å². The molecule has 1 atom stereocenters. The Morgan fingerprint density at radius 1 is 1.08 bits per heavy atom. The standard InChI is InChI=1S/C31H33Cl2FN2O2/c1-21-4-3-5-23(16-21)30(37)35(2)19-24(22-6-8-27(32)28(33)17-22)10-13-36-14-11-31(12-15-36)20-38-29-9-7-25(34)18-26(29)31/h3-9,16-18,24H,10-15,19-20H2,1-2H3/t24-/m1/s1. The van der Waals surface area contributed by atoms with Crippen LogP contribution in [0.5, 0.6) is 5.75 Å². The van der Waals surface area contributed by atoms with Gasteiger partial charge >= 0.3 is 0 Å². The maximum absolute atomic E-state index is 14.0. The van der Waals surface area contributed by atoms with Crippen molar-refractivity contribution in [3.8, 4) is 5.75 Å². The normalized spacial score (nSPS) is 17.2. The van der Waals surface area contributed by atoms with Gasteiger partial charge in [0.1, 0.15) is 11.6 Å². The van der Waals surface area contributed by atoms with Crippen LogP contribution < -0.4 is 4.74 Å². The highest BCUT2D eigenvalue weighted by atomic mass is 35.5. The average Bonchev–Trinajstić information content (AvgIpc) is 3.25. The van der Waals surface area contributed by atoms with Crippen LogP contribution in [0.3, 0.4) is 0 Å². The van der Waals surface area contributed by atoms with Crippen molar-refractivity contribution in [3.05, 3.63) is 98.8 Å². The van der Waals surface area contributed by atoms with Crippen molar-refractivity contribution in [2.75, 3.05) is 39.8 Å². The molecule has 0 saturated carbocycles. The highest BCUT2D eigenvalue weighted by Crippen LogP contribution is 2.45. The fourth-order valence-electron chi connectivity index (χ4n) is 5.83. The van der Waals surface area contributed by atoms with Gasteiger partial charge in [-0.15, -0.1) is 0 Å². The average molecular weight is 556 g/mol. The molecule has 3 aromatic rings. The highest BCUT2D eigenvalue weighted by Gasteiger charge is 2.43. The van der Waals surface area contributed by atoms with E-state index in [1.807, 2.05) is 56.4 Å². The van der Waals surface area contributed by atoms with Crippen LogP contribution >= 0.6 is 23.2 Å². The second-order valence-electron chi connectivity index (χ2n) is 10.8. The van der Waals surface area contributed by atoms with Crippen LogP contribution in [-0.4, -0.2) is 55.5 Å². The minimum atomic E-state index is -0.204. The SMILES string of the molecule is Cc1cccc(C(=O)N(C)C[C@@H](CCN2CCC3(CC2)COc2ccc(F)cc23)c2ccc(Cl)c(Cl)c2)c1. The van der Waals surface area contributed by atoms with E-state index < -0.39 is 0 Å². The van der Waals surface area contributed by atoms with Gasteiger partial charge < -0.3 is 14.5 Å². The first kappa shape index (κ1) is 27.0. The number of ether oxygens (including phenoxy) is 1. The van der Waals surface area contributed by atoms with Crippen LogP contribution in [0.2, 0.25) is 10.0 Å². The summed E-state index contributed by atoms with van der Waals surface area (Å²) >= 11 is 12.6. The molecule has 0 unspecified atom stereocenters. The van der Waals surface area contributed by atoms with Crippen LogP contribution in [-0.2, 0) is 5.41 Å². The Bertz CT molecular complexity index is 1320. The van der Waals surface area contributed by atoms with Gasteiger partial charge in [0.05, 0.1) is 16.7 Å². The number of fused-ring (bicyclic) bond motifs is 2. The summed E-state index contributed by atoms with van der Waals surface area (Å²) in [5.41, 5.74) is 3.74. The first-order valence-electron chi connectivity index (χ1n) is 13.2. The lowest BCUT2D eigenvalue weighted by Gasteiger charge is -2.39. The molecule has 2 aliphatic rings. The molecule has 3 aromatic carbocycles. The van der Waals surface area contributed by atoms with E-state index in [2.05, 4.69) is 4.90 Å². The minimum Gasteiger partial charge on any atom is -0.492 e. The number of carbonyl (C=O) groups excluding carboxylic acids is 1. The summed E-state index contributed by atoms with van der Waals surface area (Å²) in [5.74, 6) is 0.723. The maximum atomic E-state index is 14.0. The molecule has 1 amide bonds. The Labute approximate surface area is 234 Å². The Morgan fingerprint density at radius 3 is 2.61 bits per heavy atom. The number of hydrogen-bond acceptors (Lipinski definition) is 3. The number of hydrogen-bond donors (Lipinski definition) is 0. The van der Waals surface area contributed by atoms with Gasteiger partial charge in [0.25, 0.3) is 5.91 Å². The Kier molecular flexibility index (Phi) is 7.99. The molecule has 1 spiro atoms. The number of amides is 1. The highest BCUT2D eigenvalue weighted by molar-refractivity contribution is 6.42. The second-order valence-corrected chi connectivity index (χ2v) is 11.6. The molecule has 0 bridgehead atoms. The molecule has 2 heterocycles. The van der Waals surface area contributed by atoms with Crippen LogP contribution in [0.1, 0.15) is 52.2 Å². The topological polar surface area (TPSA) is 32.8 Å². The van der Waals surface area contributed by atoms with E-state index in [-0.39, 0.29) is 23.1 Å². The Balaban J connectivity index is 1.26. The molecule has 0 N–H and O–H groups in total. The summed E-state index contributed by atoms with van der Waals surface area (Å²) in [6.07, 6.45) is 2.75. The summed E-state index contributed by atoms with van der Waals surface area (Å²) in [5, 5.41) is 1.05. The van der Waals surface area contributed by atoms with Crippen molar-refractivity contribution in [2.45, 2.75) is 37.5 Å².